The Bertz CT molecular complexity index is 214. The van der Waals surface area contributed by atoms with Gasteiger partial charge < -0.3 is 0 Å². The van der Waals surface area contributed by atoms with Crippen LogP contribution in [0.3, 0.4) is 0 Å². The molecule has 1 rings (SSSR count). The Kier molecular flexibility index (Phi) is 11.3. The van der Waals surface area contributed by atoms with Gasteiger partial charge >= 0.3 is 0 Å². The number of hydrogen-bond donors (Lipinski definition) is 0. The smallest absolute Gasteiger partial charge is 0.233 e. The molecule has 0 amide bonds. The number of hydrogen-bond acceptors (Lipinski definition) is 4. The molecule has 0 radical (unpaired) electrons. The van der Waals surface area contributed by atoms with Crippen molar-refractivity contribution in [2.75, 3.05) is 18.1 Å². The summed E-state index contributed by atoms with van der Waals surface area (Å²) in [5.41, 5.74) is 0. The summed E-state index contributed by atoms with van der Waals surface area (Å²) in [6, 6.07) is 0. The van der Waals surface area contributed by atoms with Crippen LogP contribution in [0.5, 0.6) is 0 Å². The maximum atomic E-state index is 5.64. The van der Waals surface area contributed by atoms with E-state index in [4.69, 9.17) is 19.6 Å². The van der Waals surface area contributed by atoms with Crippen molar-refractivity contribution in [2.24, 2.45) is 0 Å². The molecular formula is C15H29IO4. The van der Waals surface area contributed by atoms with E-state index < -0.39 is 5.79 Å². The van der Waals surface area contributed by atoms with E-state index in [0.29, 0.717) is 6.61 Å². The zero-order valence-electron chi connectivity index (χ0n) is 12.7. The van der Waals surface area contributed by atoms with Gasteiger partial charge in [0.05, 0.1) is 13.7 Å². The van der Waals surface area contributed by atoms with Crippen LogP contribution in [0.15, 0.2) is 0 Å². The molecule has 1 aliphatic carbocycles. The molecule has 120 valence electrons. The van der Waals surface area contributed by atoms with Gasteiger partial charge in [0.2, 0.25) is 5.79 Å². The fraction of sp³-hybridized carbons (Fsp3) is 1.00. The number of rotatable bonds is 7. The van der Waals surface area contributed by atoms with Gasteiger partial charge in [-0.3, -0.25) is 0 Å². The highest BCUT2D eigenvalue weighted by Crippen LogP contribution is 2.30. The molecule has 0 spiro atoms. The van der Waals surface area contributed by atoms with Gasteiger partial charge in [0.15, 0.2) is 0 Å². The maximum absolute atomic E-state index is 5.64. The van der Waals surface area contributed by atoms with E-state index in [1.165, 1.54) is 38.5 Å². The monoisotopic (exact) mass is 400 g/mol. The van der Waals surface area contributed by atoms with Crippen molar-refractivity contribution in [1.29, 1.82) is 0 Å². The van der Waals surface area contributed by atoms with Crippen LogP contribution in [-0.4, -0.2) is 23.9 Å². The van der Waals surface area contributed by atoms with E-state index in [9.17, 15) is 0 Å². The minimum absolute atomic E-state index is 0.609. The van der Waals surface area contributed by atoms with Gasteiger partial charge in [-0.15, -0.1) is 0 Å². The minimum Gasteiger partial charge on any atom is -0.237 e. The van der Waals surface area contributed by atoms with Gasteiger partial charge in [0.1, 0.15) is 0 Å². The Hall–Kier alpha value is 0.570. The summed E-state index contributed by atoms with van der Waals surface area (Å²) in [6.07, 6.45) is 12.6. The van der Waals surface area contributed by atoms with Gasteiger partial charge in [-0.1, -0.05) is 61.1 Å². The molecule has 0 aromatic carbocycles. The third-order valence-corrected chi connectivity index (χ3v) is 4.44. The van der Waals surface area contributed by atoms with Gasteiger partial charge in [-0.2, -0.15) is 9.78 Å². The van der Waals surface area contributed by atoms with Crippen molar-refractivity contribution >= 4 is 22.6 Å². The van der Waals surface area contributed by atoms with Crippen LogP contribution in [-0.2, 0) is 19.6 Å². The van der Waals surface area contributed by atoms with Crippen molar-refractivity contribution in [3.8, 4) is 0 Å². The summed E-state index contributed by atoms with van der Waals surface area (Å²) in [5.74, 6) is -0.718. The zero-order valence-corrected chi connectivity index (χ0v) is 14.9. The maximum Gasteiger partial charge on any atom is 0.233 e. The Labute approximate surface area is 136 Å². The lowest BCUT2D eigenvalue weighted by atomic mass is 10.0. The van der Waals surface area contributed by atoms with Crippen molar-refractivity contribution < 1.29 is 19.6 Å². The lowest BCUT2D eigenvalue weighted by Crippen LogP contribution is -2.36. The first kappa shape index (κ1) is 18.6. The lowest BCUT2D eigenvalue weighted by Gasteiger charge is -2.30. The molecule has 0 atom stereocenters. The zero-order chi connectivity index (χ0) is 14.5. The summed E-state index contributed by atoms with van der Waals surface area (Å²) in [5, 5.41) is 0. The van der Waals surface area contributed by atoms with E-state index in [1.807, 2.05) is 0 Å². The van der Waals surface area contributed by atoms with Crippen LogP contribution in [0.2, 0.25) is 0 Å². The van der Waals surface area contributed by atoms with Gasteiger partial charge in [-0.25, -0.2) is 9.78 Å². The Balaban J connectivity index is 2.49. The molecule has 0 aromatic heterocycles. The molecule has 4 nitrogen and oxygen atoms in total. The van der Waals surface area contributed by atoms with Crippen molar-refractivity contribution in [2.45, 2.75) is 76.4 Å². The van der Waals surface area contributed by atoms with Crippen LogP contribution < -0.4 is 0 Å². The quantitative estimate of drug-likeness (QED) is 0.151. The second-order valence-corrected chi connectivity index (χ2v) is 6.52. The topological polar surface area (TPSA) is 36.9 Å². The fourth-order valence-corrected chi connectivity index (χ4v) is 2.88. The van der Waals surface area contributed by atoms with Crippen molar-refractivity contribution in [3.63, 3.8) is 0 Å². The van der Waals surface area contributed by atoms with Crippen LogP contribution in [0, 0.1) is 0 Å². The second kappa shape index (κ2) is 12.1. The third-order valence-electron chi connectivity index (χ3n) is 3.67. The highest BCUT2D eigenvalue weighted by atomic mass is 127. The first-order chi connectivity index (χ1) is 9.83. The van der Waals surface area contributed by atoms with E-state index in [0.717, 1.165) is 36.5 Å². The molecule has 20 heavy (non-hydrogen) atoms. The standard InChI is InChI=1S/C15H29IO4/c1-17-19-15(20-18-14-10-13-16)11-8-6-4-2-3-5-7-9-12-15/h2-14H2,1H3. The Morgan fingerprint density at radius 3 is 1.90 bits per heavy atom. The molecule has 0 bridgehead atoms. The molecular weight excluding hydrogens is 371 g/mol. The van der Waals surface area contributed by atoms with Crippen LogP contribution in [0.1, 0.15) is 70.6 Å². The molecule has 0 saturated heterocycles. The summed E-state index contributed by atoms with van der Waals surface area (Å²) in [6.45, 7) is 0.609. The van der Waals surface area contributed by atoms with Gasteiger partial charge in [0, 0.05) is 17.3 Å². The first-order valence-electron chi connectivity index (χ1n) is 7.91. The molecule has 1 aliphatic rings. The van der Waals surface area contributed by atoms with Crippen LogP contribution in [0.25, 0.3) is 0 Å². The SMILES string of the molecule is COOC1(OOCCCI)CCCCCCCCCC1. The molecule has 0 aliphatic heterocycles. The largest absolute Gasteiger partial charge is 0.237 e. The van der Waals surface area contributed by atoms with Crippen LogP contribution in [0.4, 0.5) is 0 Å². The highest BCUT2D eigenvalue weighted by Gasteiger charge is 2.34. The number of halogens is 1. The summed E-state index contributed by atoms with van der Waals surface area (Å²) in [7, 11) is 1.54. The first-order valence-corrected chi connectivity index (χ1v) is 9.44. The average molecular weight is 400 g/mol. The Morgan fingerprint density at radius 2 is 1.40 bits per heavy atom. The van der Waals surface area contributed by atoms with E-state index in [2.05, 4.69) is 22.6 Å². The molecule has 0 heterocycles. The Morgan fingerprint density at radius 1 is 0.850 bits per heavy atom. The highest BCUT2D eigenvalue weighted by molar-refractivity contribution is 14.1. The van der Waals surface area contributed by atoms with E-state index >= 15 is 0 Å². The molecule has 0 N–H and O–H groups in total. The molecule has 1 fully saturated rings. The second-order valence-electron chi connectivity index (χ2n) is 5.44. The molecule has 0 unspecified atom stereocenters. The molecule has 5 heteroatoms. The van der Waals surface area contributed by atoms with E-state index in [-0.39, 0.29) is 0 Å². The predicted molar refractivity (Wildman–Crippen MR) is 87.5 cm³/mol. The fourth-order valence-electron chi connectivity index (χ4n) is 2.57. The third kappa shape index (κ3) is 8.12. The predicted octanol–water partition coefficient (Wildman–Crippen LogP) is 4.95. The summed E-state index contributed by atoms with van der Waals surface area (Å²) >= 11 is 2.34. The van der Waals surface area contributed by atoms with Crippen molar-refractivity contribution in [1.82, 2.24) is 0 Å². The summed E-state index contributed by atoms with van der Waals surface area (Å²) < 4.78 is 1.07. The van der Waals surface area contributed by atoms with Gasteiger partial charge in [0.25, 0.3) is 0 Å². The summed E-state index contributed by atoms with van der Waals surface area (Å²) in [4.78, 5) is 21.4. The number of alkyl halides is 1. The van der Waals surface area contributed by atoms with Crippen molar-refractivity contribution in [3.05, 3.63) is 0 Å². The molecule has 1 saturated carbocycles. The molecule has 0 aromatic rings. The minimum atomic E-state index is -0.718. The van der Waals surface area contributed by atoms with Gasteiger partial charge in [-0.05, 0) is 19.3 Å². The lowest BCUT2D eigenvalue weighted by molar-refractivity contribution is -0.509. The average Bonchev–Trinajstić information content (AvgIpc) is 2.50. The normalized spacial score (nSPS) is 21.3. The van der Waals surface area contributed by atoms with E-state index in [1.54, 1.807) is 7.11 Å². The van der Waals surface area contributed by atoms with Crippen LogP contribution >= 0.6 is 22.6 Å².